The van der Waals surface area contributed by atoms with Gasteiger partial charge in [-0.15, -0.1) is 0 Å². The van der Waals surface area contributed by atoms with Crippen LogP contribution in [0.25, 0.3) is 0 Å². The maximum atomic E-state index is 12.3. The third-order valence-electron chi connectivity index (χ3n) is 3.67. The highest BCUT2D eigenvalue weighted by Gasteiger charge is 2.16. The number of anilines is 1. The van der Waals surface area contributed by atoms with Crippen LogP contribution in [0.15, 0.2) is 42.5 Å². The normalized spacial score (nSPS) is 11.5. The van der Waals surface area contributed by atoms with Gasteiger partial charge in [-0.2, -0.15) is 0 Å². The number of amides is 1. The molecule has 1 N–H and O–H groups in total. The molecule has 6 nitrogen and oxygen atoms in total. The van der Waals surface area contributed by atoms with Crippen molar-refractivity contribution < 1.29 is 23.7 Å². The third-order valence-corrected chi connectivity index (χ3v) is 3.67. The number of hydrogen-bond acceptors (Lipinski definition) is 5. The number of ether oxygens (including phenoxy) is 4. The van der Waals surface area contributed by atoms with Gasteiger partial charge in [0, 0.05) is 6.07 Å². The van der Waals surface area contributed by atoms with Crippen LogP contribution in [0.1, 0.15) is 12.5 Å². The molecule has 0 saturated carbocycles. The Morgan fingerprint density at radius 1 is 1.00 bits per heavy atom. The first-order valence-electron chi connectivity index (χ1n) is 7.84. The highest BCUT2D eigenvalue weighted by atomic mass is 16.5. The summed E-state index contributed by atoms with van der Waals surface area (Å²) in [6.45, 7) is 2.01. The molecule has 6 heteroatoms. The molecule has 0 saturated heterocycles. The van der Waals surface area contributed by atoms with E-state index >= 15 is 0 Å². The molecule has 1 unspecified atom stereocenters. The Hall–Kier alpha value is -2.73. The predicted molar refractivity (Wildman–Crippen MR) is 95.4 cm³/mol. The van der Waals surface area contributed by atoms with Gasteiger partial charge in [-0.1, -0.05) is 12.1 Å². The van der Waals surface area contributed by atoms with Crippen LogP contribution in [0, 0.1) is 0 Å². The second-order valence-electron chi connectivity index (χ2n) is 5.36. The maximum absolute atomic E-state index is 12.3. The lowest BCUT2D eigenvalue weighted by Gasteiger charge is -2.16. The van der Waals surface area contributed by atoms with Gasteiger partial charge in [-0.3, -0.25) is 4.79 Å². The average molecular weight is 345 g/mol. The lowest BCUT2D eigenvalue weighted by Crippen LogP contribution is -2.27. The van der Waals surface area contributed by atoms with Crippen molar-refractivity contribution in [2.45, 2.75) is 19.6 Å². The van der Waals surface area contributed by atoms with Gasteiger partial charge < -0.3 is 24.3 Å². The molecule has 0 aromatic heterocycles. The van der Waals surface area contributed by atoms with Gasteiger partial charge in [-0.05, 0) is 36.8 Å². The van der Waals surface area contributed by atoms with Crippen LogP contribution in [0.3, 0.4) is 0 Å². The highest BCUT2D eigenvalue weighted by Crippen LogP contribution is 2.29. The summed E-state index contributed by atoms with van der Waals surface area (Å²) >= 11 is 0. The van der Waals surface area contributed by atoms with Crippen LogP contribution >= 0.6 is 0 Å². The number of benzene rings is 2. The summed E-state index contributed by atoms with van der Waals surface area (Å²) in [4.78, 5) is 12.3. The van der Waals surface area contributed by atoms with Gasteiger partial charge in [0.2, 0.25) is 0 Å². The number of carbonyl (C=O) groups is 1. The molecule has 0 heterocycles. The fraction of sp³-hybridized carbons (Fsp3) is 0.316. The molecule has 0 aliphatic heterocycles. The minimum atomic E-state index is -0.627. The van der Waals surface area contributed by atoms with Crippen molar-refractivity contribution in [3.63, 3.8) is 0 Å². The Morgan fingerprint density at radius 2 is 1.72 bits per heavy atom. The molecule has 2 aromatic rings. The van der Waals surface area contributed by atoms with E-state index in [1.165, 1.54) is 7.11 Å². The summed E-state index contributed by atoms with van der Waals surface area (Å²) in [7, 11) is 4.72. The maximum Gasteiger partial charge on any atom is 0.253 e. The molecule has 0 aliphatic rings. The van der Waals surface area contributed by atoms with Crippen molar-refractivity contribution in [3.05, 3.63) is 48.0 Å². The molecule has 1 amide bonds. The van der Waals surface area contributed by atoms with Crippen molar-refractivity contribution in [2.24, 2.45) is 0 Å². The fourth-order valence-electron chi connectivity index (χ4n) is 2.20. The highest BCUT2D eigenvalue weighted by molar-refractivity contribution is 5.95. The standard InChI is InChI=1S/C19H23NO5/c1-13(25-12-14-6-5-7-15(10-14)22-2)19(21)20-17-9-8-16(23-3)11-18(17)24-4/h5-11,13H,12H2,1-4H3,(H,20,21). The Morgan fingerprint density at radius 3 is 2.40 bits per heavy atom. The van der Waals surface area contributed by atoms with Crippen LogP contribution in [0.4, 0.5) is 5.69 Å². The van der Waals surface area contributed by atoms with Crippen LogP contribution in [0.5, 0.6) is 17.2 Å². The molecule has 2 rings (SSSR count). The largest absolute Gasteiger partial charge is 0.497 e. The quantitative estimate of drug-likeness (QED) is 0.795. The van der Waals surface area contributed by atoms with Crippen molar-refractivity contribution in [1.29, 1.82) is 0 Å². The summed E-state index contributed by atoms with van der Waals surface area (Å²) in [5.74, 6) is 1.66. The molecule has 1 atom stereocenters. The first-order chi connectivity index (χ1) is 12.1. The summed E-state index contributed by atoms with van der Waals surface area (Å²) in [6.07, 6.45) is -0.627. The lowest BCUT2D eigenvalue weighted by atomic mass is 10.2. The first kappa shape index (κ1) is 18.6. The molecular weight excluding hydrogens is 322 g/mol. The lowest BCUT2D eigenvalue weighted by molar-refractivity contribution is -0.127. The Bertz CT molecular complexity index is 717. The molecule has 2 aromatic carbocycles. The zero-order valence-electron chi connectivity index (χ0n) is 14.9. The van der Waals surface area contributed by atoms with E-state index in [-0.39, 0.29) is 5.91 Å². The molecule has 0 fully saturated rings. The molecule has 25 heavy (non-hydrogen) atoms. The van der Waals surface area contributed by atoms with Gasteiger partial charge in [0.1, 0.15) is 23.4 Å². The number of nitrogens with one attached hydrogen (secondary N) is 1. The summed E-state index contributed by atoms with van der Waals surface area (Å²) in [5.41, 5.74) is 1.49. The van der Waals surface area contributed by atoms with E-state index in [2.05, 4.69) is 5.32 Å². The summed E-state index contributed by atoms with van der Waals surface area (Å²) in [5, 5.41) is 2.80. The van der Waals surface area contributed by atoms with E-state index < -0.39 is 6.10 Å². The van der Waals surface area contributed by atoms with E-state index in [1.54, 1.807) is 39.3 Å². The van der Waals surface area contributed by atoms with E-state index in [0.29, 0.717) is 23.8 Å². The topological polar surface area (TPSA) is 66.0 Å². The van der Waals surface area contributed by atoms with Crippen LogP contribution in [0.2, 0.25) is 0 Å². The Kier molecular flexibility index (Phi) is 6.65. The number of methoxy groups -OCH3 is 3. The number of rotatable bonds is 8. The summed E-state index contributed by atoms with van der Waals surface area (Å²) in [6, 6.07) is 12.7. The van der Waals surface area contributed by atoms with Crippen molar-refractivity contribution in [2.75, 3.05) is 26.6 Å². The number of carbonyl (C=O) groups excluding carboxylic acids is 1. The molecule has 0 aliphatic carbocycles. The van der Waals surface area contributed by atoms with Gasteiger partial charge in [0.05, 0.1) is 33.6 Å². The second kappa shape index (κ2) is 8.94. The molecule has 0 bridgehead atoms. The van der Waals surface area contributed by atoms with Crippen molar-refractivity contribution >= 4 is 11.6 Å². The third kappa shape index (κ3) is 5.12. The van der Waals surface area contributed by atoms with E-state index in [0.717, 1.165) is 11.3 Å². The summed E-state index contributed by atoms with van der Waals surface area (Å²) < 4.78 is 21.2. The minimum absolute atomic E-state index is 0.258. The predicted octanol–water partition coefficient (Wildman–Crippen LogP) is 3.26. The van der Waals surface area contributed by atoms with Gasteiger partial charge in [0.25, 0.3) is 5.91 Å². The van der Waals surface area contributed by atoms with Crippen molar-refractivity contribution in [1.82, 2.24) is 0 Å². The van der Waals surface area contributed by atoms with Crippen LogP contribution in [-0.4, -0.2) is 33.3 Å². The van der Waals surface area contributed by atoms with Crippen LogP contribution in [-0.2, 0) is 16.1 Å². The minimum Gasteiger partial charge on any atom is -0.497 e. The molecular formula is C19H23NO5. The SMILES string of the molecule is COc1cccc(COC(C)C(=O)Nc2ccc(OC)cc2OC)c1. The molecule has 0 spiro atoms. The smallest absolute Gasteiger partial charge is 0.253 e. The number of hydrogen-bond donors (Lipinski definition) is 1. The molecule has 134 valence electrons. The second-order valence-corrected chi connectivity index (χ2v) is 5.36. The molecule has 0 radical (unpaired) electrons. The monoisotopic (exact) mass is 345 g/mol. The average Bonchev–Trinajstić information content (AvgIpc) is 2.66. The van der Waals surface area contributed by atoms with E-state index in [4.69, 9.17) is 18.9 Å². The van der Waals surface area contributed by atoms with Crippen molar-refractivity contribution in [3.8, 4) is 17.2 Å². The first-order valence-corrected chi connectivity index (χ1v) is 7.84. The fourth-order valence-corrected chi connectivity index (χ4v) is 2.20. The van der Waals surface area contributed by atoms with Gasteiger partial charge in [0.15, 0.2) is 0 Å². The Labute approximate surface area is 147 Å². The van der Waals surface area contributed by atoms with Gasteiger partial charge in [-0.25, -0.2) is 0 Å². The van der Waals surface area contributed by atoms with Gasteiger partial charge >= 0.3 is 0 Å². The van der Waals surface area contributed by atoms with Crippen LogP contribution < -0.4 is 19.5 Å². The van der Waals surface area contributed by atoms with E-state index in [9.17, 15) is 4.79 Å². The zero-order valence-corrected chi connectivity index (χ0v) is 14.9. The van der Waals surface area contributed by atoms with E-state index in [1.807, 2.05) is 24.3 Å². The zero-order chi connectivity index (χ0) is 18.2. The Balaban J connectivity index is 1.96.